The van der Waals surface area contributed by atoms with Crippen LogP contribution in [0.2, 0.25) is 0 Å². The Labute approximate surface area is 157 Å². The molecule has 126 valence electrons. The maximum atomic E-state index is 11.7. The molecule has 0 aliphatic carbocycles. The summed E-state index contributed by atoms with van der Waals surface area (Å²) >= 11 is 24.4. The standard InChI is InChI=1S/C11H14Cl3NO4S3/c1-3-21-10(20)22-8-6(7(16)15-8)5(2)19-9(17)18-4-11(12,13)14/h5-6,8H,3-4H2,1-2H3,(H,15,16)/t5-,6+,8-/m1/s1. The summed E-state index contributed by atoms with van der Waals surface area (Å²) in [6, 6.07) is 0. The molecule has 1 fully saturated rings. The molecule has 0 unspecified atom stereocenters. The number of thioether (sulfide) groups is 2. The number of hydrogen-bond acceptors (Lipinski definition) is 7. The molecule has 1 amide bonds. The molecule has 1 aliphatic heterocycles. The summed E-state index contributed by atoms with van der Waals surface area (Å²) in [4.78, 5) is 23.1. The van der Waals surface area contributed by atoms with Gasteiger partial charge >= 0.3 is 6.16 Å². The molecule has 1 aliphatic rings. The smallest absolute Gasteiger partial charge is 0.430 e. The van der Waals surface area contributed by atoms with E-state index in [1.165, 1.54) is 23.5 Å². The average Bonchev–Trinajstić information content (AvgIpc) is 2.34. The summed E-state index contributed by atoms with van der Waals surface area (Å²) in [5.41, 5.74) is 0. The molecule has 1 rings (SSSR count). The normalized spacial score (nSPS) is 22.3. The van der Waals surface area contributed by atoms with Gasteiger partial charge in [0.25, 0.3) is 0 Å². The number of carbonyl (C=O) groups excluding carboxylic acids is 2. The minimum absolute atomic E-state index is 0.205. The van der Waals surface area contributed by atoms with Crippen LogP contribution in [-0.4, -0.2) is 43.2 Å². The van der Waals surface area contributed by atoms with Gasteiger partial charge in [-0.3, -0.25) is 4.79 Å². The Balaban J connectivity index is 2.45. The Morgan fingerprint density at radius 1 is 1.50 bits per heavy atom. The van der Waals surface area contributed by atoms with E-state index in [1.807, 2.05) is 6.92 Å². The summed E-state index contributed by atoms with van der Waals surface area (Å²) in [6.45, 7) is 3.15. The summed E-state index contributed by atoms with van der Waals surface area (Å²) < 4.78 is 8.71. The van der Waals surface area contributed by atoms with Crippen LogP contribution in [0.5, 0.6) is 0 Å². The quantitative estimate of drug-likeness (QED) is 0.311. The molecular formula is C11H14Cl3NO4S3. The first-order chi connectivity index (χ1) is 10.1. The maximum absolute atomic E-state index is 11.7. The predicted octanol–water partition coefficient (Wildman–Crippen LogP) is 3.74. The van der Waals surface area contributed by atoms with Crippen LogP contribution in [-0.2, 0) is 14.3 Å². The van der Waals surface area contributed by atoms with Gasteiger partial charge < -0.3 is 14.8 Å². The van der Waals surface area contributed by atoms with Gasteiger partial charge in [-0.15, -0.1) is 11.8 Å². The second-order valence-corrected chi connectivity index (χ2v) is 10.4. The Hall–Kier alpha value is 0.400. The molecule has 0 aromatic rings. The fourth-order valence-corrected chi connectivity index (χ4v) is 4.46. The lowest BCUT2D eigenvalue weighted by molar-refractivity contribution is -0.137. The highest BCUT2D eigenvalue weighted by Crippen LogP contribution is 2.34. The number of rotatable bonds is 5. The number of alkyl halides is 3. The van der Waals surface area contributed by atoms with Gasteiger partial charge in [0.2, 0.25) is 9.70 Å². The van der Waals surface area contributed by atoms with Crippen molar-refractivity contribution in [2.24, 2.45) is 5.92 Å². The number of amides is 1. The van der Waals surface area contributed by atoms with Crippen LogP contribution in [0.3, 0.4) is 0 Å². The maximum Gasteiger partial charge on any atom is 0.508 e. The zero-order valence-corrected chi connectivity index (χ0v) is 16.4. The third-order valence-electron chi connectivity index (χ3n) is 2.54. The van der Waals surface area contributed by atoms with Crippen molar-refractivity contribution in [1.82, 2.24) is 5.32 Å². The van der Waals surface area contributed by atoms with Crippen LogP contribution < -0.4 is 5.32 Å². The fraction of sp³-hybridized carbons (Fsp3) is 0.727. The Kier molecular flexibility index (Phi) is 8.39. The van der Waals surface area contributed by atoms with Crippen molar-refractivity contribution in [3.05, 3.63) is 0 Å². The number of thiocarbonyl (C=S) groups is 1. The second kappa shape index (κ2) is 9.03. The van der Waals surface area contributed by atoms with Crippen molar-refractivity contribution in [1.29, 1.82) is 0 Å². The molecule has 0 radical (unpaired) electrons. The second-order valence-electron chi connectivity index (χ2n) is 4.23. The van der Waals surface area contributed by atoms with Gasteiger partial charge in [0.05, 0.1) is 5.37 Å². The molecular weight excluding hydrogens is 413 g/mol. The lowest BCUT2D eigenvalue weighted by Crippen LogP contribution is -2.61. The first-order valence-corrected chi connectivity index (χ1v) is 9.58. The van der Waals surface area contributed by atoms with E-state index in [2.05, 4.69) is 10.1 Å². The van der Waals surface area contributed by atoms with Crippen molar-refractivity contribution in [3.8, 4) is 0 Å². The first kappa shape index (κ1) is 20.4. The lowest BCUT2D eigenvalue weighted by atomic mass is 9.96. The highest BCUT2D eigenvalue weighted by Gasteiger charge is 2.46. The van der Waals surface area contributed by atoms with Gasteiger partial charge in [-0.05, 0) is 12.7 Å². The highest BCUT2D eigenvalue weighted by molar-refractivity contribution is 8.47. The van der Waals surface area contributed by atoms with Gasteiger partial charge in [0, 0.05) is 0 Å². The molecule has 22 heavy (non-hydrogen) atoms. The zero-order chi connectivity index (χ0) is 16.9. The molecule has 1 saturated heterocycles. The highest BCUT2D eigenvalue weighted by atomic mass is 35.6. The van der Waals surface area contributed by atoms with Crippen molar-refractivity contribution in [2.45, 2.75) is 29.1 Å². The van der Waals surface area contributed by atoms with E-state index in [-0.39, 0.29) is 11.3 Å². The van der Waals surface area contributed by atoms with E-state index >= 15 is 0 Å². The van der Waals surface area contributed by atoms with E-state index in [1.54, 1.807) is 6.92 Å². The third kappa shape index (κ3) is 6.88. The number of nitrogens with one attached hydrogen (secondary N) is 1. The van der Waals surface area contributed by atoms with Crippen molar-refractivity contribution < 1.29 is 19.1 Å². The van der Waals surface area contributed by atoms with Crippen molar-refractivity contribution in [3.63, 3.8) is 0 Å². The largest absolute Gasteiger partial charge is 0.508 e. The number of β-lactam (4-membered cyclic amide) rings is 1. The van der Waals surface area contributed by atoms with E-state index in [9.17, 15) is 9.59 Å². The average molecular weight is 427 g/mol. The van der Waals surface area contributed by atoms with E-state index in [4.69, 9.17) is 51.8 Å². The summed E-state index contributed by atoms with van der Waals surface area (Å²) in [5, 5.41) is 2.49. The van der Waals surface area contributed by atoms with Crippen LogP contribution >= 0.6 is 70.5 Å². The number of hydrogen-bond donors (Lipinski definition) is 1. The summed E-state index contributed by atoms with van der Waals surface area (Å²) in [7, 11) is 0. The monoisotopic (exact) mass is 425 g/mol. The Bertz CT molecular complexity index is 447. The summed E-state index contributed by atoms with van der Waals surface area (Å²) in [6.07, 6.45) is -1.67. The van der Waals surface area contributed by atoms with Crippen LogP contribution in [0.1, 0.15) is 13.8 Å². The molecule has 3 atom stereocenters. The number of carbonyl (C=O) groups is 2. The molecule has 0 saturated carbocycles. The molecule has 1 N–H and O–H groups in total. The molecule has 11 heteroatoms. The molecule has 5 nitrogen and oxygen atoms in total. The van der Waals surface area contributed by atoms with Crippen LogP contribution in [0.15, 0.2) is 0 Å². The predicted molar refractivity (Wildman–Crippen MR) is 95.9 cm³/mol. The minimum Gasteiger partial charge on any atom is -0.430 e. The number of ether oxygens (including phenoxy) is 2. The Morgan fingerprint density at radius 3 is 2.64 bits per heavy atom. The van der Waals surface area contributed by atoms with Crippen LogP contribution in [0.25, 0.3) is 0 Å². The van der Waals surface area contributed by atoms with Gasteiger partial charge in [0.15, 0.2) is 0 Å². The van der Waals surface area contributed by atoms with Crippen LogP contribution in [0, 0.1) is 5.92 Å². The van der Waals surface area contributed by atoms with Crippen LogP contribution in [0.4, 0.5) is 4.79 Å². The van der Waals surface area contributed by atoms with E-state index in [0.717, 1.165) is 9.28 Å². The lowest BCUT2D eigenvalue weighted by Gasteiger charge is -2.38. The molecule has 0 aromatic heterocycles. The molecule has 0 aromatic carbocycles. The molecule has 0 bridgehead atoms. The molecule has 0 spiro atoms. The van der Waals surface area contributed by atoms with Crippen molar-refractivity contribution >= 4 is 86.1 Å². The zero-order valence-electron chi connectivity index (χ0n) is 11.6. The van der Waals surface area contributed by atoms with Crippen molar-refractivity contribution in [2.75, 3.05) is 12.4 Å². The van der Waals surface area contributed by atoms with E-state index in [0.29, 0.717) is 0 Å². The topological polar surface area (TPSA) is 64.6 Å². The summed E-state index contributed by atoms with van der Waals surface area (Å²) in [5.74, 6) is 0.149. The molecule has 1 heterocycles. The Morgan fingerprint density at radius 2 is 2.14 bits per heavy atom. The number of halogens is 3. The van der Waals surface area contributed by atoms with Gasteiger partial charge in [-0.25, -0.2) is 4.79 Å². The van der Waals surface area contributed by atoms with Gasteiger partial charge in [-0.1, -0.05) is 65.7 Å². The van der Waals surface area contributed by atoms with Gasteiger partial charge in [0.1, 0.15) is 22.2 Å². The van der Waals surface area contributed by atoms with Gasteiger partial charge in [-0.2, -0.15) is 0 Å². The van der Waals surface area contributed by atoms with E-state index < -0.39 is 28.6 Å². The first-order valence-electron chi connectivity index (χ1n) is 6.18. The third-order valence-corrected chi connectivity index (χ3v) is 5.53. The minimum atomic E-state index is -1.71. The fourth-order valence-electron chi connectivity index (χ4n) is 1.58. The SMILES string of the molecule is CCSC(=S)S[C@H]1NC(=O)[C@@H]1[C@@H](C)OC(=O)OCC(Cl)(Cl)Cl.